The number of aryl methyl sites for hydroxylation is 2. The SMILES string of the molecule is CCCc1nn(C)c2c1nc(CCl)n2C1(C)CCCOC1. The minimum atomic E-state index is -0.0888. The van der Waals surface area contributed by atoms with Gasteiger partial charge in [0, 0.05) is 13.7 Å². The van der Waals surface area contributed by atoms with Gasteiger partial charge in [-0.1, -0.05) is 13.3 Å². The highest BCUT2D eigenvalue weighted by atomic mass is 35.5. The number of fused-ring (bicyclic) bond motifs is 1. The lowest BCUT2D eigenvalue weighted by molar-refractivity contribution is 0.00991. The van der Waals surface area contributed by atoms with Crippen molar-refractivity contribution >= 4 is 22.8 Å². The fraction of sp³-hybridized carbons (Fsp3) is 0.733. The van der Waals surface area contributed by atoms with Crippen molar-refractivity contribution in [1.82, 2.24) is 19.3 Å². The standard InChI is InChI=1S/C15H23ClN4O/c1-4-6-11-13-14(19(3)18-11)20(12(9-16)17-13)15(2)7-5-8-21-10-15/h4-10H2,1-3H3. The Hall–Kier alpha value is -1.07. The van der Waals surface area contributed by atoms with Gasteiger partial charge in [0.2, 0.25) is 0 Å². The lowest BCUT2D eigenvalue weighted by Gasteiger charge is -2.36. The van der Waals surface area contributed by atoms with Crippen LogP contribution in [0.1, 0.15) is 44.6 Å². The summed E-state index contributed by atoms with van der Waals surface area (Å²) in [7, 11) is 1.99. The molecule has 1 aliphatic heterocycles. The number of hydrogen-bond donors (Lipinski definition) is 0. The van der Waals surface area contributed by atoms with Gasteiger partial charge in [-0.3, -0.25) is 4.68 Å². The van der Waals surface area contributed by atoms with Gasteiger partial charge in [0.05, 0.1) is 23.7 Å². The Morgan fingerprint density at radius 3 is 2.86 bits per heavy atom. The van der Waals surface area contributed by atoms with Crippen LogP contribution in [-0.2, 0) is 29.6 Å². The third-order valence-corrected chi connectivity index (χ3v) is 4.58. The maximum Gasteiger partial charge on any atom is 0.159 e. The molecule has 3 heterocycles. The van der Waals surface area contributed by atoms with Crippen molar-refractivity contribution in [3.05, 3.63) is 11.5 Å². The molecule has 1 saturated heterocycles. The molecule has 0 aromatic carbocycles. The van der Waals surface area contributed by atoms with Crippen LogP contribution in [0.5, 0.6) is 0 Å². The van der Waals surface area contributed by atoms with Crippen LogP contribution in [0, 0.1) is 0 Å². The van der Waals surface area contributed by atoms with Crippen molar-refractivity contribution in [2.45, 2.75) is 50.9 Å². The summed E-state index contributed by atoms with van der Waals surface area (Å²) in [6.07, 6.45) is 4.16. The monoisotopic (exact) mass is 310 g/mol. The fourth-order valence-electron chi connectivity index (χ4n) is 3.38. The summed E-state index contributed by atoms with van der Waals surface area (Å²) in [6, 6.07) is 0. The Morgan fingerprint density at radius 2 is 2.24 bits per heavy atom. The van der Waals surface area contributed by atoms with Crippen LogP contribution in [0.15, 0.2) is 0 Å². The van der Waals surface area contributed by atoms with E-state index in [1.807, 2.05) is 11.7 Å². The molecule has 6 heteroatoms. The second-order valence-electron chi connectivity index (χ2n) is 6.14. The van der Waals surface area contributed by atoms with Crippen LogP contribution in [0.2, 0.25) is 0 Å². The van der Waals surface area contributed by atoms with Crippen molar-refractivity contribution in [2.75, 3.05) is 13.2 Å². The van der Waals surface area contributed by atoms with Crippen LogP contribution < -0.4 is 0 Å². The normalized spacial score (nSPS) is 23.0. The predicted octanol–water partition coefficient (Wildman–Crippen LogP) is 2.99. The van der Waals surface area contributed by atoms with Crippen LogP contribution in [0.25, 0.3) is 11.2 Å². The first-order chi connectivity index (χ1) is 10.1. The van der Waals surface area contributed by atoms with Gasteiger partial charge in [0.25, 0.3) is 0 Å². The Kier molecular flexibility index (Phi) is 3.97. The van der Waals surface area contributed by atoms with Crippen molar-refractivity contribution in [3.8, 4) is 0 Å². The van der Waals surface area contributed by atoms with Gasteiger partial charge in [-0.25, -0.2) is 4.98 Å². The first-order valence-corrected chi connectivity index (χ1v) is 8.21. The Bertz CT molecular complexity index is 640. The van der Waals surface area contributed by atoms with Crippen LogP contribution in [0.4, 0.5) is 0 Å². The van der Waals surface area contributed by atoms with Crippen LogP contribution in [-0.4, -0.2) is 32.5 Å². The minimum absolute atomic E-state index is 0.0888. The number of nitrogens with zero attached hydrogens (tertiary/aromatic N) is 4. The molecule has 0 radical (unpaired) electrons. The molecule has 1 unspecified atom stereocenters. The molecule has 1 atom stereocenters. The van der Waals surface area contributed by atoms with E-state index in [1.165, 1.54) is 0 Å². The first-order valence-electron chi connectivity index (χ1n) is 7.68. The van der Waals surface area contributed by atoms with Crippen molar-refractivity contribution < 1.29 is 4.74 Å². The number of ether oxygens (including phenoxy) is 1. The molecule has 0 N–H and O–H groups in total. The number of halogens is 1. The van der Waals surface area contributed by atoms with E-state index in [4.69, 9.17) is 21.3 Å². The molecular weight excluding hydrogens is 288 g/mol. The van der Waals surface area contributed by atoms with Gasteiger partial charge >= 0.3 is 0 Å². The number of imidazole rings is 1. The third kappa shape index (κ3) is 2.36. The van der Waals surface area contributed by atoms with E-state index >= 15 is 0 Å². The van der Waals surface area contributed by atoms with Crippen LogP contribution in [0.3, 0.4) is 0 Å². The topological polar surface area (TPSA) is 44.9 Å². The number of aromatic nitrogens is 4. The summed E-state index contributed by atoms with van der Waals surface area (Å²) < 4.78 is 9.94. The molecule has 2 aromatic heterocycles. The molecule has 5 nitrogen and oxygen atoms in total. The highest BCUT2D eigenvalue weighted by molar-refractivity contribution is 6.16. The lowest BCUT2D eigenvalue weighted by atomic mass is 9.94. The second-order valence-corrected chi connectivity index (χ2v) is 6.41. The zero-order valence-corrected chi connectivity index (χ0v) is 13.8. The molecular formula is C15H23ClN4O. The maximum absolute atomic E-state index is 6.17. The number of rotatable bonds is 4. The lowest BCUT2D eigenvalue weighted by Crippen LogP contribution is -2.40. The van der Waals surface area contributed by atoms with E-state index < -0.39 is 0 Å². The Balaban J connectivity index is 2.20. The average Bonchev–Trinajstić information content (AvgIpc) is 2.99. The van der Waals surface area contributed by atoms with Gasteiger partial charge in [-0.05, 0) is 26.2 Å². The fourth-order valence-corrected chi connectivity index (χ4v) is 3.56. The summed E-state index contributed by atoms with van der Waals surface area (Å²) in [5.74, 6) is 1.33. The van der Waals surface area contributed by atoms with Crippen molar-refractivity contribution in [2.24, 2.45) is 7.05 Å². The van der Waals surface area contributed by atoms with Gasteiger partial charge in [0.15, 0.2) is 5.65 Å². The maximum atomic E-state index is 6.17. The van der Waals surface area contributed by atoms with Gasteiger partial charge < -0.3 is 9.30 Å². The van der Waals surface area contributed by atoms with Gasteiger partial charge in [-0.15, -0.1) is 11.6 Å². The Labute approximate surface area is 130 Å². The third-order valence-electron chi connectivity index (χ3n) is 4.34. The summed E-state index contributed by atoms with van der Waals surface area (Å²) >= 11 is 6.17. The number of hydrogen-bond acceptors (Lipinski definition) is 3. The zero-order chi connectivity index (χ0) is 15.0. The Morgan fingerprint density at radius 1 is 1.43 bits per heavy atom. The van der Waals surface area contributed by atoms with E-state index in [0.717, 1.165) is 55.0 Å². The van der Waals surface area contributed by atoms with Crippen molar-refractivity contribution in [1.29, 1.82) is 0 Å². The molecule has 0 bridgehead atoms. The van der Waals surface area contributed by atoms with E-state index in [2.05, 4.69) is 23.5 Å². The molecule has 21 heavy (non-hydrogen) atoms. The minimum Gasteiger partial charge on any atom is -0.379 e. The van der Waals surface area contributed by atoms with Gasteiger partial charge in [0.1, 0.15) is 11.3 Å². The van der Waals surface area contributed by atoms with E-state index in [0.29, 0.717) is 12.5 Å². The quantitative estimate of drug-likeness (QED) is 0.816. The second kappa shape index (κ2) is 5.61. The summed E-state index contributed by atoms with van der Waals surface area (Å²) in [5, 5.41) is 4.65. The van der Waals surface area contributed by atoms with E-state index in [-0.39, 0.29) is 5.54 Å². The van der Waals surface area contributed by atoms with Gasteiger partial charge in [-0.2, -0.15) is 5.10 Å². The molecule has 116 valence electrons. The number of alkyl halides is 1. The molecule has 0 spiro atoms. The molecule has 3 rings (SSSR count). The molecule has 1 fully saturated rings. The van der Waals surface area contributed by atoms with E-state index in [1.54, 1.807) is 0 Å². The summed E-state index contributed by atoms with van der Waals surface area (Å²) in [4.78, 5) is 4.78. The first kappa shape index (κ1) is 14.9. The highest BCUT2D eigenvalue weighted by Crippen LogP contribution is 2.33. The van der Waals surface area contributed by atoms with Crippen molar-refractivity contribution in [3.63, 3.8) is 0 Å². The molecule has 2 aromatic rings. The zero-order valence-electron chi connectivity index (χ0n) is 13.0. The summed E-state index contributed by atoms with van der Waals surface area (Å²) in [6.45, 7) is 5.94. The molecule has 1 aliphatic rings. The predicted molar refractivity (Wildman–Crippen MR) is 83.8 cm³/mol. The molecule has 0 amide bonds. The van der Waals surface area contributed by atoms with E-state index in [9.17, 15) is 0 Å². The summed E-state index contributed by atoms with van der Waals surface area (Å²) in [5.41, 5.74) is 3.05. The smallest absolute Gasteiger partial charge is 0.159 e. The molecule has 0 aliphatic carbocycles. The molecule has 0 saturated carbocycles. The highest BCUT2D eigenvalue weighted by Gasteiger charge is 2.35. The van der Waals surface area contributed by atoms with Crippen LogP contribution >= 0.6 is 11.6 Å². The largest absolute Gasteiger partial charge is 0.379 e. The average molecular weight is 311 g/mol.